The summed E-state index contributed by atoms with van der Waals surface area (Å²) < 4.78 is 3.86. The predicted octanol–water partition coefficient (Wildman–Crippen LogP) is 3.29. The molecule has 2 amide bonds. The van der Waals surface area contributed by atoms with Crippen molar-refractivity contribution in [3.05, 3.63) is 84.7 Å². The molecule has 0 spiro atoms. The molecule has 0 radical (unpaired) electrons. The highest BCUT2D eigenvalue weighted by atomic mass is 16.2. The maximum atomic E-state index is 13.3. The Morgan fingerprint density at radius 1 is 0.865 bits per heavy atom. The third-order valence-corrected chi connectivity index (χ3v) is 6.61. The zero-order valence-electron chi connectivity index (χ0n) is 20.5. The summed E-state index contributed by atoms with van der Waals surface area (Å²) in [4.78, 5) is 37.0. The van der Waals surface area contributed by atoms with Crippen molar-refractivity contribution in [1.29, 1.82) is 0 Å². The van der Waals surface area contributed by atoms with Crippen LogP contribution in [0.3, 0.4) is 0 Å². The minimum absolute atomic E-state index is 0.291. The Morgan fingerprint density at radius 3 is 2.30 bits per heavy atom. The third kappa shape index (κ3) is 3.89. The molecule has 9 nitrogen and oxygen atoms in total. The molecule has 184 valence electrons. The normalized spacial score (nSPS) is 13.9. The number of benzene rings is 2. The van der Waals surface area contributed by atoms with E-state index < -0.39 is 11.8 Å². The van der Waals surface area contributed by atoms with Gasteiger partial charge in [-0.1, -0.05) is 36.4 Å². The van der Waals surface area contributed by atoms with Crippen molar-refractivity contribution in [2.75, 3.05) is 20.6 Å². The molecule has 0 saturated carbocycles. The number of aromatic nitrogens is 5. The highest BCUT2D eigenvalue weighted by Crippen LogP contribution is 2.38. The van der Waals surface area contributed by atoms with E-state index >= 15 is 0 Å². The molecule has 1 aliphatic rings. The molecule has 9 heteroatoms. The van der Waals surface area contributed by atoms with Gasteiger partial charge in [0, 0.05) is 29.1 Å². The number of imide groups is 1. The van der Waals surface area contributed by atoms with E-state index in [1.807, 2.05) is 78.1 Å². The largest absolute Gasteiger partial charge is 0.313 e. The molecule has 0 bridgehead atoms. The van der Waals surface area contributed by atoms with Gasteiger partial charge in [0.2, 0.25) is 0 Å². The van der Waals surface area contributed by atoms with E-state index in [1.54, 1.807) is 12.4 Å². The smallest absolute Gasteiger partial charge is 0.261 e. The second-order valence-electron chi connectivity index (χ2n) is 9.31. The van der Waals surface area contributed by atoms with Crippen LogP contribution >= 0.6 is 0 Å². The van der Waals surface area contributed by atoms with Crippen LogP contribution in [0.5, 0.6) is 0 Å². The van der Waals surface area contributed by atoms with E-state index in [0.717, 1.165) is 40.5 Å². The Morgan fingerprint density at radius 2 is 1.54 bits per heavy atom. The van der Waals surface area contributed by atoms with Gasteiger partial charge in [-0.25, -0.2) is 9.97 Å². The van der Waals surface area contributed by atoms with Crippen molar-refractivity contribution in [1.82, 2.24) is 34.5 Å². The predicted molar refractivity (Wildman–Crippen MR) is 142 cm³/mol. The summed E-state index contributed by atoms with van der Waals surface area (Å²) in [6.45, 7) is 1.61. The van der Waals surface area contributed by atoms with Crippen LogP contribution < -0.4 is 5.32 Å². The second-order valence-corrected chi connectivity index (χ2v) is 9.31. The van der Waals surface area contributed by atoms with Gasteiger partial charge in [-0.15, -0.1) is 0 Å². The molecule has 37 heavy (non-hydrogen) atoms. The number of carbonyl (C=O) groups excluding carboxylic acids is 2. The summed E-state index contributed by atoms with van der Waals surface area (Å²) in [5, 5.41) is 9.08. The summed E-state index contributed by atoms with van der Waals surface area (Å²) in [6, 6.07) is 15.6. The number of hydrogen-bond donors (Lipinski definition) is 1. The average molecular weight is 492 g/mol. The Labute approximate surface area is 213 Å². The first kappa shape index (κ1) is 22.8. The maximum absolute atomic E-state index is 13.3. The quantitative estimate of drug-likeness (QED) is 0.351. The topological polar surface area (TPSA) is 97.9 Å². The van der Waals surface area contributed by atoms with Crippen molar-refractivity contribution in [3.8, 4) is 5.69 Å². The molecule has 0 saturated heterocycles. The molecular formula is C28H25N7O2. The Balaban J connectivity index is 1.57. The van der Waals surface area contributed by atoms with Gasteiger partial charge in [-0.2, -0.15) is 5.10 Å². The SMILES string of the molecule is CN(C)CCCn1nc(C2=C(c3cn(-c4cncnc4)c4ccccc34)C(=O)NC2=O)c2ccccc21. The highest BCUT2D eigenvalue weighted by Gasteiger charge is 2.36. The fourth-order valence-corrected chi connectivity index (χ4v) is 4.97. The van der Waals surface area contributed by atoms with Gasteiger partial charge in [0.15, 0.2) is 0 Å². The van der Waals surface area contributed by atoms with Gasteiger partial charge in [0.05, 0.1) is 40.3 Å². The molecule has 0 aliphatic carbocycles. The van der Waals surface area contributed by atoms with Gasteiger partial charge in [0.1, 0.15) is 12.0 Å². The first-order valence-electron chi connectivity index (χ1n) is 12.1. The van der Waals surface area contributed by atoms with Crippen LogP contribution in [0.4, 0.5) is 0 Å². The average Bonchev–Trinajstić information content (AvgIpc) is 3.55. The third-order valence-electron chi connectivity index (χ3n) is 6.61. The number of carbonyl (C=O) groups is 2. The minimum Gasteiger partial charge on any atom is -0.313 e. The summed E-state index contributed by atoms with van der Waals surface area (Å²) in [7, 11) is 4.08. The van der Waals surface area contributed by atoms with E-state index in [9.17, 15) is 9.59 Å². The number of hydrogen-bond acceptors (Lipinski definition) is 6. The van der Waals surface area contributed by atoms with E-state index in [-0.39, 0.29) is 0 Å². The molecule has 5 aromatic rings. The van der Waals surface area contributed by atoms with Gasteiger partial charge >= 0.3 is 0 Å². The van der Waals surface area contributed by atoms with Crippen molar-refractivity contribution in [2.24, 2.45) is 0 Å². The van der Waals surface area contributed by atoms with E-state index in [2.05, 4.69) is 20.2 Å². The lowest BCUT2D eigenvalue weighted by atomic mass is 9.97. The monoisotopic (exact) mass is 491 g/mol. The molecule has 4 heterocycles. The number of nitrogens with zero attached hydrogens (tertiary/aromatic N) is 6. The van der Waals surface area contributed by atoms with E-state index in [0.29, 0.717) is 28.9 Å². The van der Waals surface area contributed by atoms with Crippen LogP contribution in [0.1, 0.15) is 17.7 Å². The zero-order chi connectivity index (χ0) is 25.5. The molecular weight excluding hydrogens is 466 g/mol. The number of nitrogens with one attached hydrogen (secondary N) is 1. The van der Waals surface area contributed by atoms with Crippen molar-refractivity contribution in [2.45, 2.75) is 13.0 Å². The zero-order valence-corrected chi connectivity index (χ0v) is 20.5. The van der Waals surface area contributed by atoms with Crippen LogP contribution in [0, 0.1) is 0 Å². The number of aryl methyl sites for hydroxylation is 1. The lowest BCUT2D eigenvalue weighted by Gasteiger charge is -2.09. The summed E-state index contributed by atoms with van der Waals surface area (Å²) in [5.74, 6) is -0.873. The highest BCUT2D eigenvalue weighted by molar-refractivity contribution is 6.50. The molecule has 1 aliphatic heterocycles. The molecule has 0 unspecified atom stereocenters. The van der Waals surface area contributed by atoms with Crippen LogP contribution in [-0.4, -0.2) is 61.7 Å². The molecule has 1 N–H and O–H groups in total. The summed E-state index contributed by atoms with van der Waals surface area (Å²) >= 11 is 0. The standard InChI is InChI=1S/C28H25N7O2/c1-33(2)12-7-13-35-23-11-6-4-9-20(23)26(32-35)25-24(27(36)31-28(25)37)21-16-34(18-14-29-17-30-15-18)22-10-5-3-8-19(21)22/h3-6,8-11,14-17H,7,12-13H2,1-2H3,(H,31,36,37). The molecule has 6 rings (SSSR count). The first-order valence-corrected chi connectivity index (χ1v) is 12.1. The van der Waals surface area contributed by atoms with Gasteiger partial charge in [-0.3, -0.25) is 19.6 Å². The van der Waals surface area contributed by atoms with Crippen molar-refractivity contribution < 1.29 is 9.59 Å². The Hall–Kier alpha value is -4.63. The Kier molecular flexibility index (Phi) is 5.61. The Bertz CT molecular complexity index is 1700. The number of para-hydroxylation sites is 2. The van der Waals surface area contributed by atoms with Crippen molar-refractivity contribution in [3.63, 3.8) is 0 Å². The maximum Gasteiger partial charge on any atom is 0.261 e. The van der Waals surface area contributed by atoms with E-state index in [4.69, 9.17) is 5.10 Å². The number of amides is 2. The molecule has 2 aromatic carbocycles. The summed E-state index contributed by atoms with van der Waals surface area (Å²) in [5.41, 5.74) is 4.35. The van der Waals surface area contributed by atoms with Crippen LogP contribution in [0.25, 0.3) is 38.6 Å². The molecule has 3 aromatic heterocycles. The van der Waals surface area contributed by atoms with Gasteiger partial charge in [-0.05, 0) is 39.2 Å². The lowest BCUT2D eigenvalue weighted by molar-refractivity contribution is -0.122. The minimum atomic E-state index is -0.441. The first-order chi connectivity index (χ1) is 18.0. The summed E-state index contributed by atoms with van der Waals surface area (Å²) in [6.07, 6.45) is 7.66. The van der Waals surface area contributed by atoms with Crippen molar-refractivity contribution >= 4 is 44.8 Å². The van der Waals surface area contributed by atoms with Crippen LogP contribution in [-0.2, 0) is 16.1 Å². The van der Waals surface area contributed by atoms with Gasteiger partial charge in [0.25, 0.3) is 11.8 Å². The fourth-order valence-electron chi connectivity index (χ4n) is 4.97. The van der Waals surface area contributed by atoms with Crippen LogP contribution in [0.2, 0.25) is 0 Å². The number of fused-ring (bicyclic) bond motifs is 2. The molecule has 0 fully saturated rings. The van der Waals surface area contributed by atoms with Gasteiger partial charge < -0.3 is 9.47 Å². The van der Waals surface area contributed by atoms with E-state index in [1.165, 1.54) is 6.33 Å². The van der Waals surface area contributed by atoms with Crippen LogP contribution in [0.15, 0.2) is 73.4 Å². The number of rotatable bonds is 7. The second kappa shape index (κ2) is 9.11. The lowest BCUT2D eigenvalue weighted by Crippen LogP contribution is -2.22. The molecule has 0 atom stereocenters. The fraction of sp³-hybridized carbons (Fsp3) is 0.179.